The van der Waals surface area contributed by atoms with Gasteiger partial charge in [-0.25, -0.2) is 4.79 Å². The van der Waals surface area contributed by atoms with Gasteiger partial charge in [-0.15, -0.1) is 0 Å². The predicted molar refractivity (Wildman–Crippen MR) is 132 cm³/mol. The molecule has 0 aromatic heterocycles. The molecule has 0 spiro atoms. The number of aryl methyl sites for hydroxylation is 2. The van der Waals surface area contributed by atoms with Crippen molar-refractivity contribution in [2.75, 3.05) is 18.5 Å². The molecule has 0 saturated carbocycles. The molecule has 0 aliphatic rings. The molecule has 2 aromatic carbocycles. The first kappa shape index (κ1) is 26.7. The van der Waals surface area contributed by atoms with Crippen LogP contribution >= 0.6 is 0 Å². The lowest BCUT2D eigenvalue weighted by atomic mass is 10.1. The lowest BCUT2D eigenvalue weighted by Crippen LogP contribution is -2.39. The van der Waals surface area contributed by atoms with Crippen molar-refractivity contribution in [2.24, 2.45) is 0 Å². The molecule has 2 rings (SSSR count). The smallest absolute Gasteiger partial charge is 0.408 e. The Bertz CT molecular complexity index is 961. The van der Waals surface area contributed by atoms with Gasteiger partial charge in [-0.3, -0.25) is 9.59 Å². The Balaban J connectivity index is 1.66. The molecule has 3 N–H and O–H groups in total. The second-order valence-electron chi connectivity index (χ2n) is 9.05. The van der Waals surface area contributed by atoms with E-state index < -0.39 is 11.7 Å². The number of rotatable bonds is 10. The van der Waals surface area contributed by atoms with Gasteiger partial charge < -0.3 is 25.4 Å². The van der Waals surface area contributed by atoms with Crippen LogP contribution < -0.4 is 20.7 Å². The molecule has 0 bridgehead atoms. The number of para-hydroxylation sites is 1. The summed E-state index contributed by atoms with van der Waals surface area (Å²) in [5.74, 6) is 0.469. The fourth-order valence-corrected chi connectivity index (χ4v) is 3.09. The van der Waals surface area contributed by atoms with E-state index in [4.69, 9.17) is 9.47 Å². The fraction of sp³-hybridized carbons (Fsp3) is 0.423. The number of alkyl carbamates (subject to hydrolysis) is 1. The number of anilines is 1. The minimum Gasteiger partial charge on any atom is -0.493 e. The van der Waals surface area contributed by atoms with Crippen LogP contribution in [0.4, 0.5) is 10.5 Å². The highest BCUT2D eigenvalue weighted by Crippen LogP contribution is 2.22. The average Bonchev–Trinajstić information content (AvgIpc) is 2.75. The van der Waals surface area contributed by atoms with E-state index in [9.17, 15) is 14.4 Å². The molecule has 8 heteroatoms. The molecule has 2 aromatic rings. The normalized spacial score (nSPS) is 10.9. The summed E-state index contributed by atoms with van der Waals surface area (Å²) in [6.45, 7) is 9.87. The van der Waals surface area contributed by atoms with Crippen molar-refractivity contribution in [3.63, 3.8) is 0 Å². The number of carbonyl (C=O) groups is 3. The molecule has 0 aliphatic heterocycles. The monoisotopic (exact) mass is 469 g/mol. The molecule has 34 heavy (non-hydrogen) atoms. The van der Waals surface area contributed by atoms with Crippen LogP contribution in [0.25, 0.3) is 0 Å². The first-order valence-electron chi connectivity index (χ1n) is 11.3. The quantitative estimate of drug-likeness (QED) is 0.451. The molecule has 8 nitrogen and oxygen atoms in total. The number of hydrogen-bond acceptors (Lipinski definition) is 5. The van der Waals surface area contributed by atoms with Gasteiger partial charge in [0, 0.05) is 18.7 Å². The van der Waals surface area contributed by atoms with Crippen molar-refractivity contribution in [3.8, 4) is 5.75 Å². The average molecular weight is 470 g/mol. The molecule has 0 atom stereocenters. The number of hydrogen-bond donors (Lipinski definition) is 3. The zero-order valence-electron chi connectivity index (χ0n) is 20.6. The summed E-state index contributed by atoms with van der Waals surface area (Å²) in [6, 6.07) is 13.2. The fourth-order valence-electron chi connectivity index (χ4n) is 3.09. The van der Waals surface area contributed by atoms with Crippen molar-refractivity contribution in [1.82, 2.24) is 10.6 Å². The van der Waals surface area contributed by atoms with Crippen LogP contribution in [0, 0.1) is 13.8 Å². The largest absolute Gasteiger partial charge is 0.493 e. The van der Waals surface area contributed by atoms with E-state index in [1.165, 1.54) is 0 Å². The SMILES string of the molecule is Cc1cccc(C)c1OCCCC(=O)Nc1ccc(CNC(=O)CNC(=O)OC(C)(C)C)cc1. The first-order chi connectivity index (χ1) is 16.0. The summed E-state index contributed by atoms with van der Waals surface area (Å²) in [7, 11) is 0. The van der Waals surface area contributed by atoms with Gasteiger partial charge in [0.15, 0.2) is 0 Å². The zero-order chi connectivity index (χ0) is 25.1. The Hall–Kier alpha value is -3.55. The molecular formula is C26H35N3O5. The molecule has 0 saturated heterocycles. The van der Waals surface area contributed by atoms with Gasteiger partial charge in [0.1, 0.15) is 17.9 Å². The van der Waals surface area contributed by atoms with Crippen LogP contribution in [0.1, 0.15) is 50.3 Å². The third-order valence-corrected chi connectivity index (χ3v) is 4.72. The second kappa shape index (κ2) is 12.6. The van der Waals surface area contributed by atoms with Gasteiger partial charge in [-0.2, -0.15) is 0 Å². The number of amides is 3. The maximum absolute atomic E-state index is 12.2. The van der Waals surface area contributed by atoms with Crippen LogP contribution in [0.2, 0.25) is 0 Å². The highest BCUT2D eigenvalue weighted by Gasteiger charge is 2.16. The molecule has 3 amide bonds. The van der Waals surface area contributed by atoms with Gasteiger partial charge in [0.05, 0.1) is 6.61 Å². The third-order valence-electron chi connectivity index (χ3n) is 4.72. The van der Waals surface area contributed by atoms with E-state index >= 15 is 0 Å². The summed E-state index contributed by atoms with van der Waals surface area (Å²) in [4.78, 5) is 35.7. The Morgan fingerprint density at radius 2 is 1.53 bits per heavy atom. The van der Waals surface area contributed by atoms with Crippen LogP contribution in [0.3, 0.4) is 0 Å². The summed E-state index contributed by atoms with van der Waals surface area (Å²) < 4.78 is 10.9. The molecule has 0 unspecified atom stereocenters. The summed E-state index contributed by atoms with van der Waals surface area (Å²) in [5, 5.41) is 8.00. The maximum atomic E-state index is 12.2. The highest BCUT2D eigenvalue weighted by molar-refractivity contribution is 5.90. The van der Waals surface area contributed by atoms with Gasteiger partial charge in [0.25, 0.3) is 0 Å². The van der Waals surface area contributed by atoms with Crippen molar-refractivity contribution in [3.05, 3.63) is 59.2 Å². The lowest BCUT2D eigenvalue weighted by molar-refractivity contribution is -0.120. The summed E-state index contributed by atoms with van der Waals surface area (Å²) in [5.41, 5.74) is 3.10. The summed E-state index contributed by atoms with van der Waals surface area (Å²) in [6.07, 6.45) is 0.327. The van der Waals surface area contributed by atoms with Crippen molar-refractivity contribution < 1.29 is 23.9 Å². The Kier molecular flexibility index (Phi) is 9.92. The van der Waals surface area contributed by atoms with Gasteiger partial charge in [-0.1, -0.05) is 30.3 Å². The number of benzene rings is 2. The number of ether oxygens (including phenoxy) is 2. The zero-order valence-corrected chi connectivity index (χ0v) is 20.6. The van der Waals surface area contributed by atoms with E-state index in [1.807, 2.05) is 44.2 Å². The Labute approximate surface area is 201 Å². The lowest BCUT2D eigenvalue weighted by Gasteiger charge is -2.19. The first-order valence-corrected chi connectivity index (χ1v) is 11.3. The highest BCUT2D eigenvalue weighted by atomic mass is 16.6. The van der Waals surface area contributed by atoms with Crippen molar-refractivity contribution >= 4 is 23.6 Å². The standard InChI is InChI=1S/C26H35N3O5/c1-18-8-6-9-19(2)24(18)33-15-7-10-22(30)29-21-13-11-20(12-14-21)16-27-23(31)17-28-25(32)34-26(3,4)5/h6,8-9,11-14H,7,10,15-17H2,1-5H3,(H,27,31)(H,28,32)(H,29,30). The Morgan fingerprint density at radius 3 is 2.15 bits per heavy atom. The van der Waals surface area contributed by atoms with Gasteiger partial charge >= 0.3 is 6.09 Å². The molecule has 0 radical (unpaired) electrons. The van der Waals surface area contributed by atoms with Gasteiger partial charge in [-0.05, 0) is 69.9 Å². The molecule has 0 fully saturated rings. The number of carbonyl (C=O) groups excluding carboxylic acids is 3. The topological polar surface area (TPSA) is 106 Å². The van der Waals surface area contributed by atoms with E-state index in [0.29, 0.717) is 31.7 Å². The minimum atomic E-state index is -0.639. The Morgan fingerprint density at radius 1 is 0.882 bits per heavy atom. The minimum absolute atomic E-state index is 0.0839. The van der Waals surface area contributed by atoms with Crippen molar-refractivity contribution in [2.45, 2.75) is 59.6 Å². The maximum Gasteiger partial charge on any atom is 0.408 e. The second-order valence-corrected chi connectivity index (χ2v) is 9.05. The van der Waals surface area contributed by atoms with Gasteiger partial charge in [0.2, 0.25) is 11.8 Å². The molecular weight excluding hydrogens is 434 g/mol. The third kappa shape index (κ3) is 9.94. The van der Waals surface area contributed by atoms with Crippen molar-refractivity contribution in [1.29, 1.82) is 0 Å². The van der Waals surface area contributed by atoms with E-state index in [2.05, 4.69) is 16.0 Å². The molecule has 184 valence electrons. The van der Waals surface area contributed by atoms with Crippen LogP contribution in [-0.2, 0) is 20.9 Å². The molecule has 0 aliphatic carbocycles. The van der Waals surface area contributed by atoms with E-state index in [-0.39, 0.29) is 18.4 Å². The predicted octanol–water partition coefficient (Wildman–Crippen LogP) is 4.24. The van der Waals surface area contributed by atoms with E-state index in [1.54, 1.807) is 32.9 Å². The van der Waals surface area contributed by atoms with Crippen LogP contribution in [0.5, 0.6) is 5.75 Å². The van der Waals surface area contributed by atoms with Crippen LogP contribution in [-0.4, -0.2) is 36.7 Å². The number of nitrogens with one attached hydrogen (secondary N) is 3. The van der Waals surface area contributed by atoms with E-state index in [0.717, 1.165) is 22.4 Å². The van der Waals surface area contributed by atoms with Crippen LogP contribution in [0.15, 0.2) is 42.5 Å². The molecule has 0 heterocycles. The summed E-state index contributed by atoms with van der Waals surface area (Å²) >= 11 is 0.